The quantitative estimate of drug-likeness (QED) is 0.751. The van der Waals surface area contributed by atoms with E-state index >= 15 is 0 Å². The minimum absolute atomic E-state index is 0.0605. The first-order valence-electron chi connectivity index (χ1n) is 8.13. The normalized spacial score (nSPS) is 11.1. The number of hydrogen-bond donors (Lipinski definition) is 1. The Labute approximate surface area is 148 Å². The molecule has 0 bridgehead atoms. The van der Waals surface area contributed by atoms with Gasteiger partial charge in [0.2, 0.25) is 0 Å². The zero-order valence-electron chi connectivity index (χ0n) is 14.5. The number of carbonyl (C=O) groups excluding carboxylic acids is 1. The van der Waals surface area contributed by atoms with Crippen LogP contribution in [0.1, 0.15) is 36.7 Å². The third-order valence-electron chi connectivity index (χ3n) is 3.27. The number of ether oxygens (including phenoxy) is 1. The molecule has 2 aromatic rings. The van der Waals surface area contributed by atoms with Crippen LogP contribution in [0, 0.1) is 0 Å². The van der Waals surface area contributed by atoms with Gasteiger partial charge in [-0.05, 0) is 23.8 Å². The molecular weight excluding hydrogens is 318 g/mol. The van der Waals surface area contributed by atoms with Gasteiger partial charge in [-0.3, -0.25) is 4.79 Å². The van der Waals surface area contributed by atoms with Crippen molar-refractivity contribution in [1.82, 2.24) is 5.32 Å². The molecule has 0 aromatic heterocycles. The van der Waals surface area contributed by atoms with Crippen LogP contribution in [0.3, 0.4) is 0 Å². The van der Waals surface area contributed by atoms with Gasteiger partial charge in [-0.2, -0.15) is 11.8 Å². The first kappa shape index (κ1) is 18.4. The maximum absolute atomic E-state index is 12.2. The van der Waals surface area contributed by atoms with Crippen LogP contribution >= 0.6 is 11.8 Å². The summed E-state index contributed by atoms with van der Waals surface area (Å²) >= 11 is 1.84. The molecule has 24 heavy (non-hydrogen) atoms. The zero-order valence-corrected chi connectivity index (χ0v) is 15.4. The summed E-state index contributed by atoms with van der Waals surface area (Å²) in [6.07, 6.45) is 0. The SMILES string of the molecule is CC(C)(C)SCCNC(=O)c1cccc(OCc2ccccc2)c1. The molecule has 0 radical (unpaired) electrons. The third kappa shape index (κ3) is 6.67. The molecule has 4 heteroatoms. The molecule has 2 rings (SSSR count). The molecule has 128 valence electrons. The number of carbonyl (C=O) groups is 1. The van der Waals surface area contributed by atoms with Gasteiger partial charge in [-0.15, -0.1) is 0 Å². The average Bonchev–Trinajstić information content (AvgIpc) is 2.57. The maximum Gasteiger partial charge on any atom is 0.251 e. The van der Waals surface area contributed by atoms with E-state index in [0.717, 1.165) is 11.3 Å². The highest BCUT2D eigenvalue weighted by atomic mass is 32.2. The summed E-state index contributed by atoms with van der Waals surface area (Å²) < 4.78 is 5.99. The van der Waals surface area contributed by atoms with Crippen molar-refractivity contribution in [3.8, 4) is 5.75 Å². The molecule has 2 aromatic carbocycles. The van der Waals surface area contributed by atoms with Gasteiger partial charge in [0.05, 0.1) is 0 Å². The van der Waals surface area contributed by atoms with Gasteiger partial charge >= 0.3 is 0 Å². The molecule has 0 heterocycles. The van der Waals surface area contributed by atoms with Crippen molar-refractivity contribution in [2.24, 2.45) is 0 Å². The van der Waals surface area contributed by atoms with Crippen molar-refractivity contribution >= 4 is 17.7 Å². The number of benzene rings is 2. The van der Waals surface area contributed by atoms with Crippen LogP contribution in [-0.2, 0) is 6.61 Å². The van der Waals surface area contributed by atoms with Crippen molar-refractivity contribution < 1.29 is 9.53 Å². The fourth-order valence-electron chi connectivity index (χ4n) is 2.09. The largest absolute Gasteiger partial charge is 0.489 e. The Balaban J connectivity index is 1.84. The zero-order chi connectivity index (χ0) is 17.4. The van der Waals surface area contributed by atoms with E-state index in [0.29, 0.717) is 24.5 Å². The number of amides is 1. The van der Waals surface area contributed by atoms with Gasteiger partial charge in [0.1, 0.15) is 12.4 Å². The van der Waals surface area contributed by atoms with E-state index in [9.17, 15) is 4.79 Å². The van der Waals surface area contributed by atoms with E-state index in [1.165, 1.54) is 0 Å². The summed E-state index contributed by atoms with van der Waals surface area (Å²) in [7, 11) is 0. The lowest BCUT2D eigenvalue weighted by Gasteiger charge is -2.17. The molecule has 3 nitrogen and oxygen atoms in total. The summed E-state index contributed by atoms with van der Waals surface area (Å²) in [6, 6.07) is 17.3. The summed E-state index contributed by atoms with van der Waals surface area (Å²) in [6.45, 7) is 7.68. The molecule has 1 amide bonds. The second kappa shape index (κ2) is 8.78. The highest BCUT2D eigenvalue weighted by Gasteiger charge is 2.11. The van der Waals surface area contributed by atoms with Crippen molar-refractivity contribution in [3.05, 3.63) is 65.7 Å². The number of rotatable bonds is 7. The van der Waals surface area contributed by atoms with E-state index in [2.05, 4.69) is 26.1 Å². The van der Waals surface area contributed by atoms with Crippen LogP contribution in [0.2, 0.25) is 0 Å². The first-order chi connectivity index (χ1) is 11.4. The Morgan fingerprint density at radius 2 is 1.83 bits per heavy atom. The van der Waals surface area contributed by atoms with E-state index in [1.807, 2.05) is 60.3 Å². The van der Waals surface area contributed by atoms with Gasteiger partial charge in [0, 0.05) is 22.6 Å². The van der Waals surface area contributed by atoms with E-state index < -0.39 is 0 Å². The van der Waals surface area contributed by atoms with E-state index in [1.54, 1.807) is 6.07 Å². The topological polar surface area (TPSA) is 38.3 Å². The van der Waals surface area contributed by atoms with Crippen molar-refractivity contribution in [3.63, 3.8) is 0 Å². The standard InChI is InChI=1S/C20H25NO2S/c1-20(2,3)24-13-12-21-19(22)17-10-7-11-18(14-17)23-15-16-8-5-4-6-9-16/h4-11,14H,12-13,15H2,1-3H3,(H,21,22). The van der Waals surface area contributed by atoms with Crippen molar-refractivity contribution in [2.45, 2.75) is 32.1 Å². The smallest absolute Gasteiger partial charge is 0.251 e. The fourth-order valence-corrected chi connectivity index (χ4v) is 2.91. The molecule has 0 fully saturated rings. The Morgan fingerprint density at radius 3 is 2.54 bits per heavy atom. The van der Waals surface area contributed by atoms with Gasteiger partial charge in [0.15, 0.2) is 0 Å². The molecule has 0 aliphatic heterocycles. The predicted molar refractivity (Wildman–Crippen MR) is 102 cm³/mol. The lowest BCUT2D eigenvalue weighted by atomic mass is 10.2. The minimum Gasteiger partial charge on any atom is -0.489 e. The van der Waals surface area contributed by atoms with Crippen LogP contribution in [0.5, 0.6) is 5.75 Å². The Morgan fingerprint density at radius 1 is 1.08 bits per heavy atom. The van der Waals surface area contributed by atoms with Crippen LogP contribution in [0.4, 0.5) is 0 Å². The van der Waals surface area contributed by atoms with Crippen LogP contribution in [-0.4, -0.2) is 23.0 Å². The highest BCUT2D eigenvalue weighted by Crippen LogP contribution is 2.22. The van der Waals surface area contributed by atoms with E-state index in [4.69, 9.17) is 4.74 Å². The predicted octanol–water partition coefficient (Wildman–Crippen LogP) is 4.53. The second-order valence-electron chi connectivity index (χ2n) is 6.52. The summed E-state index contributed by atoms with van der Waals surface area (Å²) in [5, 5.41) is 2.96. The molecule has 0 aliphatic rings. The lowest BCUT2D eigenvalue weighted by Crippen LogP contribution is -2.26. The summed E-state index contributed by atoms with van der Waals surface area (Å²) in [5.74, 6) is 1.55. The number of thioether (sulfide) groups is 1. The van der Waals surface area contributed by atoms with Crippen LogP contribution in [0.15, 0.2) is 54.6 Å². The second-order valence-corrected chi connectivity index (χ2v) is 8.44. The molecule has 0 aliphatic carbocycles. The van der Waals surface area contributed by atoms with Crippen molar-refractivity contribution in [2.75, 3.05) is 12.3 Å². The summed E-state index contributed by atoms with van der Waals surface area (Å²) in [4.78, 5) is 12.2. The van der Waals surface area contributed by atoms with Gasteiger partial charge in [0.25, 0.3) is 5.91 Å². The Bertz CT molecular complexity index is 650. The Hall–Kier alpha value is -1.94. The van der Waals surface area contributed by atoms with Gasteiger partial charge in [-0.25, -0.2) is 0 Å². The molecule has 0 saturated heterocycles. The summed E-state index contributed by atoms with van der Waals surface area (Å²) in [5.41, 5.74) is 1.73. The lowest BCUT2D eigenvalue weighted by molar-refractivity contribution is 0.0955. The molecule has 0 unspecified atom stereocenters. The monoisotopic (exact) mass is 343 g/mol. The molecule has 0 saturated carbocycles. The third-order valence-corrected chi connectivity index (χ3v) is 4.54. The average molecular weight is 343 g/mol. The number of hydrogen-bond acceptors (Lipinski definition) is 3. The number of nitrogens with one attached hydrogen (secondary N) is 1. The van der Waals surface area contributed by atoms with E-state index in [-0.39, 0.29) is 10.7 Å². The van der Waals surface area contributed by atoms with Gasteiger partial charge in [-0.1, -0.05) is 57.2 Å². The molecule has 0 spiro atoms. The van der Waals surface area contributed by atoms with Crippen LogP contribution < -0.4 is 10.1 Å². The molecule has 0 atom stereocenters. The molecular formula is C20H25NO2S. The van der Waals surface area contributed by atoms with Gasteiger partial charge < -0.3 is 10.1 Å². The highest BCUT2D eigenvalue weighted by molar-refractivity contribution is 8.00. The molecule has 1 N–H and O–H groups in total. The minimum atomic E-state index is -0.0605. The fraction of sp³-hybridized carbons (Fsp3) is 0.350. The Kier molecular flexibility index (Phi) is 6.73. The van der Waals surface area contributed by atoms with Crippen LogP contribution in [0.25, 0.3) is 0 Å². The first-order valence-corrected chi connectivity index (χ1v) is 9.11. The van der Waals surface area contributed by atoms with Crippen molar-refractivity contribution in [1.29, 1.82) is 0 Å². The maximum atomic E-state index is 12.2.